The van der Waals surface area contributed by atoms with Crippen LogP contribution in [0, 0.1) is 11.3 Å². The minimum absolute atomic E-state index is 0.0610. The zero-order chi connectivity index (χ0) is 15.7. The van der Waals surface area contributed by atoms with E-state index in [0.717, 1.165) is 25.8 Å². The Labute approximate surface area is 127 Å². The lowest BCUT2D eigenvalue weighted by atomic mass is 10.2. The summed E-state index contributed by atoms with van der Waals surface area (Å²) in [4.78, 5) is 14.4. The van der Waals surface area contributed by atoms with Gasteiger partial charge in [-0.15, -0.1) is 0 Å². The van der Waals surface area contributed by atoms with E-state index in [0.29, 0.717) is 23.8 Å². The van der Waals surface area contributed by atoms with Crippen molar-refractivity contribution >= 4 is 11.6 Å². The maximum Gasteiger partial charge on any atom is 0.238 e. The Hall–Kier alpha value is -1.86. The minimum Gasteiger partial charge on any atom is -0.324 e. The molecule has 4 nitrogen and oxygen atoms in total. The molecule has 1 unspecified atom stereocenters. The van der Waals surface area contributed by atoms with Gasteiger partial charge in [0, 0.05) is 6.04 Å². The summed E-state index contributed by atoms with van der Waals surface area (Å²) in [6.07, 6.45) is 3.23. The Bertz CT molecular complexity index is 493. The predicted octanol–water partition coefficient (Wildman–Crippen LogP) is 3.40. The van der Waals surface area contributed by atoms with Gasteiger partial charge < -0.3 is 5.32 Å². The molecule has 0 aliphatic rings. The van der Waals surface area contributed by atoms with Crippen molar-refractivity contribution in [2.75, 3.05) is 18.4 Å². The molecule has 0 saturated heterocycles. The van der Waals surface area contributed by atoms with Crippen LogP contribution in [0.3, 0.4) is 0 Å². The minimum atomic E-state index is -0.0610. The van der Waals surface area contributed by atoms with Crippen molar-refractivity contribution in [2.45, 2.75) is 46.1 Å². The van der Waals surface area contributed by atoms with Gasteiger partial charge in [-0.05, 0) is 38.4 Å². The maximum absolute atomic E-state index is 12.2. The van der Waals surface area contributed by atoms with E-state index in [9.17, 15) is 4.79 Å². The summed E-state index contributed by atoms with van der Waals surface area (Å²) in [7, 11) is 0. The van der Waals surface area contributed by atoms with E-state index in [2.05, 4.69) is 37.1 Å². The molecule has 0 heterocycles. The SMILES string of the molecule is CCCCN(CC(=O)Nc1ccccc1C#N)C(C)CC. The molecule has 1 atom stereocenters. The molecular formula is C17H25N3O. The molecule has 0 aromatic heterocycles. The molecular weight excluding hydrogens is 262 g/mol. The van der Waals surface area contributed by atoms with Crippen LogP contribution in [-0.4, -0.2) is 29.9 Å². The number of carbonyl (C=O) groups excluding carboxylic acids is 1. The summed E-state index contributed by atoms with van der Waals surface area (Å²) in [5.74, 6) is -0.0610. The van der Waals surface area contributed by atoms with Crippen LogP contribution in [0.1, 0.15) is 45.6 Å². The van der Waals surface area contributed by atoms with Crippen LogP contribution in [-0.2, 0) is 4.79 Å². The number of amides is 1. The lowest BCUT2D eigenvalue weighted by Gasteiger charge is -2.27. The number of anilines is 1. The van der Waals surface area contributed by atoms with Crippen molar-refractivity contribution in [3.05, 3.63) is 29.8 Å². The number of benzene rings is 1. The summed E-state index contributed by atoms with van der Waals surface area (Å²) < 4.78 is 0. The van der Waals surface area contributed by atoms with E-state index in [1.54, 1.807) is 18.2 Å². The fourth-order valence-corrected chi connectivity index (χ4v) is 2.14. The second kappa shape index (κ2) is 9.15. The van der Waals surface area contributed by atoms with Gasteiger partial charge in [-0.2, -0.15) is 5.26 Å². The quantitative estimate of drug-likeness (QED) is 0.797. The molecule has 0 aliphatic carbocycles. The zero-order valence-corrected chi connectivity index (χ0v) is 13.2. The number of hydrogen-bond donors (Lipinski definition) is 1. The fraction of sp³-hybridized carbons (Fsp3) is 0.529. The van der Waals surface area contributed by atoms with Gasteiger partial charge in [0.2, 0.25) is 5.91 Å². The second-order valence-corrected chi connectivity index (χ2v) is 5.29. The highest BCUT2D eigenvalue weighted by Crippen LogP contribution is 2.14. The standard InChI is InChI=1S/C17H25N3O/c1-4-6-11-20(14(3)5-2)13-17(21)19-16-10-8-7-9-15(16)12-18/h7-10,14H,4-6,11,13H2,1-3H3,(H,19,21). The van der Waals surface area contributed by atoms with Gasteiger partial charge in [0.25, 0.3) is 0 Å². The highest BCUT2D eigenvalue weighted by molar-refractivity contribution is 5.93. The number of para-hydroxylation sites is 1. The lowest BCUT2D eigenvalue weighted by molar-refractivity contribution is -0.117. The molecule has 0 aliphatic heterocycles. The van der Waals surface area contributed by atoms with Crippen LogP contribution in [0.25, 0.3) is 0 Å². The van der Waals surface area contributed by atoms with Gasteiger partial charge in [-0.25, -0.2) is 0 Å². The number of hydrogen-bond acceptors (Lipinski definition) is 3. The van der Waals surface area contributed by atoms with Crippen molar-refractivity contribution < 1.29 is 4.79 Å². The second-order valence-electron chi connectivity index (χ2n) is 5.29. The van der Waals surface area contributed by atoms with E-state index < -0.39 is 0 Å². The number of unbranched alkanes of at least 4 members (excludes halogenated alkanes) is 1. The Kier molecular flexibility index (Phi) is 7.49. The highest BCUT2D eigenvalue weighted by Gasteiger charge is 2.16. The smallest absolute Gasteiger partial charge is 0.238 e. The van der Waals surface area contributed by atoms with Crippen LogP contribution < -0.4 is 5.32 Å². The first-order valence-electron chi connectivity index (χ1n) is 7.65. The van der Waals surface area contributed by atoms with Crippen molar-refractivity contribution in [2.24, 2.45) is 0 Å². The van der Waals surface area contributed by atoms with Gasteiger partial charge >= 0.3 is 0 Å². The third-order valence-corrected chi connectivity index (χ3v) is 3.68. The van der Waals surface area contributed by atoms with E-state index in [-0.39, 0.29) is 5.91 Å². The Morgan fingerprint density at radius 2 is 2.10 bits per heavy atom. The van der Waals surface area contributed by atoms with Gasteiger partial charge in [-0.3, -0.25) is 9.69 Å². The molecule has 0 fully saturated rings. The molecule has 0 saturated carbocycles. The molecule has 1 amide bonds. The van der Waals surface area contributed by atoms with E-state index in [1.807, 2.05) is 6.07 Å². The molecule has 1 aromatic rings. The summed E-state index contributed by atoms with van der Waals surface area (Å²) in [5, 5.41) is 11.9. The lowest BCUT2D eigenvalue weighted by Crippen LogP contribution is -2.39. The van der Waals surface area contributed by atoms with Crippen LogP contribution in [0.2, 0.25) is 0 Å². The van der Waals surface area contributed by atoms with Crippen molar-refractivity contribution in [3.8, 4) is 6.07 Å². The fourth-order valence-electron chi connectivity index (χ4n) is 2.14. The van der Waals surface area contributed by atoms with Crippen LogP contribution in [0.15, 0.2) is 24.3 Å². The molecule has 1 N–H and O–H groups in total. The van der Waals surface area contributed by atoms with Gasteiger partial charge in [0.05, 0.1) is 17.8 Å². The third kappa shape index (κ3) is 5.57. The number of nitrogens with one attached hydrogen (secondary N) is 1. The first kappa shape index (κ1) is 17.2. The maximum atomic E-state index is 12.2. The topological polar surface area (TPSA) is 56.1 Å². The Morgan fingerprint density at radius 3 is 2.71 bits per heavy atom. The van der Waals surface area contributed by atoms with Gasteiger partial charge in [0.1, 0.15) is 6.07 Å². The third-order valence-electron chi connectivity index (χ3n) is 3.68. The summed E-state index contributed by atoms with van der Waals surface area (Å²) in [5.41, 5.74) is 1.08. The summed E-state index contributed by atoms with van der Waals surface area (Å²) in [6.45, 7) is 7.73. The molecule has 21 heavy (non-hydrogen) atoms. The normalized spacial score (nSPS) is 12.0. The monoisotopic (exact) mass is 287 g/mol. The Balaban J connectivity index is 2.67. The van der Waals surface area contributed by atoms with Crippen LogP contribution >= 0.6 is 0 Å². The van der Waals surface area contributed by atoms with Crippen LogP contribution in [0.4, 0.5) is 5.69 Å². The van der Waals surface area contributed by atoms with E-state index >= 15 is 0 Å². The molecule has 0 bridgehead atoms. The molecule has 1 rings (SSSR count). The van der Waals surface area contributed by atoms with Gasteiger partial charge in [-0.1, -0.05) is 32.4 Å². The highest BCUT2D eigenvalue weighted by atomic mass is 16.2. The van der Waals surface area contributed by atoms with Gasteiger partial charge in [0.15, 0.2) is 0 Å². The molecule has 114 valence electrons. The van der Waals surface area contributed by atoms with Crippen molar-refractivity contribution in [3.63, 3.8) is 0 Å². The number of nitrogens with zero attached hydrogens (tertiary/aromatic N) is 2. The number of nitriles is 1. The summed E-state index contributed by atoms with van der Waals surface area (Å²) >= 11 is 0. The first-order valence-corrected chi connectivity index (χ1v) is 7.65. The van der Waals surface area contributed by atoms with Crippen LogP contribution in [0.5, 0.6) is 0 Å². The average molecular weight is 287 g/mol. The molecule has 0 spiro atoms. The number of rotatable bonds is 8. The molecule has 0 radical (unpaired) electrons. The van der Waals surface area contributed by atoms with E-state index in [1.165, 1.54) is 0 Å². The van der Waals surface area contributed by atoms with Crippen molar-refractivity contribution in [1.82, 2.24) is 4.90 Å². The first-order chi connectivity index (χ1) is 10.1. The largest absolute Gasteiger partial charge is 0.324 e. The average Bonchev–Trinajstić information content (AvgIpc) is 2.51. The van der Waals surface area contributed by atoms with E-state index in [4.69, 9.17) is 5.26 Å². The Morgan fingerprint density at radius 1 is 1.38 bits per heavy atom. The summed E-state index contributed by atoms with van der Waals surface area (Å²) in [6, 6.07) is 9.56. The molecule has 4 heteroatoms. The molecule has 1 aromatic carbocycles. The predicted molar refractivity (Wildman–Crippen MR) is 86.0 cm³/mol. The zero-order valence-electron chi connectivity index (χ0n) is 13.2. The number of carbonyl (C=O) groups is 1. The van der Waals surface area contributed by atoms with Crippen molar-refractivity contribution in [1.29, 1.82) is 5.26 Å².